The van der Waals surface area contributed by atoms with E-state index in [4.69, 9.17) is 5.11 Å². The molecule has 134 valence electrons. The standard InChI is InChI=1S/C19H18N2O5/c1-12(23)17-4-2-3-5-18(17)19(25)21(26)15-7-6-13(9-16(24)11-22)14(8-15)10-20/h2-8,16,22,24,26H,9,11H2,1H3. The Hall–Kier alpha value is -3.05. The first kappa shape index (κ1) is 19.3. The zero-order chi connectivity index (χ0) is 19.3. The fourth-order valence-electron chi connectivity index (χ4n) is 2.50. The van der Waals surface area contributed by atoms with Crippen molar-refractivity contribution in [3.63, 3.8) is 0 Å². The molecule has 0 aromatic heterocycles. The third-order valence-electron chi connectivity index (χ3n) is 3.85. The smallest absolute Gasteiger partial charge is 0.282 e. The van der Waals surface area contributed by atoms with Gasteiger partial charge in [-0.1, -0.05) is 24.3 Å². The number of benzene rings is 2. The van der Waals surface area contributed by atoms with E-state index >= 15 is 0 Å². The van der Waals surface area contributed by atoms with Crippen molar-refractivity contribution in [2.75, 3.05) is 11.7 Å². The van der Waals surface area contributed by atoms with E-state index in [0.717, 1.165) is 0 Å². The molecular formula is C19H18N2O5. The number of nitrogens with zero attached hydrogens (tertiary/aromatic N) is 2. The first-order chi connectivity index (χ1) is 12.4. The second-order valence-corrected chi connectivity index (χ2v) is 5.71. The molecule has 1 amide bonds. The molecule has 0 saturated heterocycles. The Kier molecular flexibility index (Phi) is 6.20. The van der Waals surface area contributed by atoms with Gasteiger partial charge in [0.2, 0.25) is 0 Å². The minimum Gasteiger partial charge on any atom is -0.394 e. The number of Topliss-reactive ketones (excluding diaryl/α,β-unsaturated/α-hetero) is 1. The van der Waals surface area contributed by atoms with Crippen LogP contribution in [0.4, 0.5) is 5.69 Å². The van der Waals surface area contributed by atoms with Crippen LogP contribution in [0, 0.1) is 11.3 Å². The summed E-state index contributed by atoms with van der Waals surface area (Å²) >= 11 is 0. The summed E-state index contributed by atoms with van der Waals surface area (Å²) in [7, 11) is 0. The average Bonchev–Trinajstić information content (AvgIpc) is 2.66. The number of aliphatic hydroxyl groups is 2. The second kappa shape index (κ2) is 8.36. The van der Waals surface area contributed by atoms with Gasteiger partial charge in [-0.3, -0.25) is 14.8 Å². The molecule has 2 aromatic carbocycles. The molecule has 2 aromatic rings. The first-order valence-corrected chi connectivity index (χ1v) is 7.84. The molecule has 0 heterocycles. The Morgan fingerprint density at radius 2 is 1.85 bits per heavy atom. The van der Waals surface area contributed by atoms with Gasteiger partial charge in [0.15, 0.2) is 5.78 Å². The number of carbonyl (C=O) groups is 2. The number of ketones is 1. The van der Waals surface area contributed by atoms with Crippen LogP contribution in [-0.2, 0) is 6.42 Å². The highest BCUT2D eigenvalue weighted by Gasteiger charge is 2.21. The summed E-state index contributed by atoms with van der Waals surface area (Å²) < 4.78 is 0. The molecule has 1 unspecified atom stereocenters. The van der Waals surface area contributed by atoms with Crippen molar-refractivity contribution in [2.24, 2.45) is 0 Å². The van der Waals surface area contributed by atoms with Crippen molar-refractivity contribution in [1.29, 1.82) is 5.26 Å². The molecule has 7 nitrogen and oxygen atoms in total. The lowest BCUT2D eigenvalue weighted by molar-refractivity contribution is 0.0848. The summed E-state index contributed by atoms with van der Waals surface area (Å²) in [4.78, 5) is 24.2. The van der Waals surface area contributed by atoms with E-state index in [1.165, 1.54) is 37.3 Å². The van der Waals surface area contributed by atoms with E-state index in [1.807, 2.05) is 6.07 Å². The summed E-state index contributed by atoms with van der Waals surface area (Å²) in [6.45, 7) is 0.877. The summed E-state index contributed by atoms with van der Waals surface area (Å²) in [5.74, 6) is -1.11. The van der Waals surface area contributed by atoms with Crippen LogP contribution in [-0.4, -0.2) is 39.8 Å². The number of amides is 1. The van der Waals surface area contributed by atoms with Crippen LogP contribution < -0.4 is 5.06 Å². The number of anilines is 1. The van der Waals surface area contributed by atoms with Crippen molar-refractivity contribution in [3.8, 4) is 6.07 Å². The van der Waals surface area contributed by atoms with E-state index in [9.17, 15) is 25.2 Å². The minimum absolute atomic E-state index is 0.0424. The van der Waals surface area contributed by atoms with Gasteiger partial charge >= 0.3 is 0 Å². The first-order valence-electron chi connectivity index (χ1n) is 7.84. The molecule has 0 fully saturated rings. The van der Waals surface area contributed by atoms with Crippen molar-refractivity contribution in [2.45, 2.75) is 19.4 Å². The topological polar surface area (TPSA) is 122 Å². The molecule has 1 atom stereocenters. The molecule has 26 heavy (non-hydrogen) atoms. The Morgan fingerprint density at radius 1 is 1.19 bits per heavy atom. The van der Waals surface area contributed by atoms with Gasteiger partial charge in [0.25, 0.3) is 5.91 Å². The van der Waals surface area contributed by atoms with Crippen LogP contribution in [0.25, 0.3) is 0 Å². The average molecular weight is 354 g/mol. The zero-order valence-electron chi connectivity index (χ0n) is 14.1. The van der Waals surface area contributed by atoms with Crippen LogP contribution in [0.15, 0.2) is 42.5 Å². The number of hydroxylamine groups is 1. The zero-order valence-corrected chi connectivity index (χ0v) is 14.1. The highest BCUT2D eigenvalue weighted by molar-refractivity contribution is 6.12. The summed E-state index contributed by atoms with van der Waals surface area (Å²) in [5.41, 5.74) is 0.900. The Morgan fingerprint density at radius 3 is 2.42 bits per heavy atom. The normalized spacial score (nSPS) is 11.5. The molecule has 0 aliphatic heterocycles. The van der Waals surface area contributed by atoms with Gasteiger partial charge in [-0.25, -0.2) is 0 Å². The third kappa shape index (κ3) is 4.13. The number of nitriles is 1. The van der Waals surface area contributed by atoms with Crippen LogP contribution >= 0.6 is 0 Å². The molecule has 2 rings (SSSR count). The van der Waals surface area contributed by atoms with Crippen LogP contribution in [0.1, 0.15) is 38.8 Å². The molecule has 7 heteroatoms. The fourth-order valence-corrected chi connectivity index (χ4v) is 2.50. The number of aliphatic hydroxyl groups excluding tert-OH is 2. The maximum atomic E-state index is 12.5. The van der Waals surface area contributed by atoms with Crippen LogP contribution in [0.3, 0.4) is 0 Å². The van der Waals surface area contributed by atoms with Crippen molar-refractivity contribution in [1.82, 2.24) is 0 Å². The molecule has 0 saturated carbocycles. The van der Waals surface area contributed by atoms with E-state index < -0.39 is 18.6 Å². The molecule has 0 radical (unpaired) electrons. The number of hydrogen-bond acceptors (Lipinski definition) is 6. The monoisotopic (exact) mass is 354 g/mol. The SMILES string of the molecule is CC(=O)c1ccccc1C(=O)N(O)c1ccc(CC(O)CO)c(C#N)c1. The van der Waals surface area contributed by atoms with Gasteiger partial charge in [0.05, 0.1) is 35.6 Å². The Bertz CT molecular complexity index is 872. The summed E-state index contributed by atoms with van der Waals surface area (Å²) in [6, 6.07) is 12.2. The molecule has 0 bridgehead atoms. The van der Waals surface area contributed by atoms with Crippen molar-refractivity contribution in [3.05, 3.63) is 64.7 Å². The highest BCUT2D eigenvalue weighted by atomic mass is 16.5. The second-order valence-electron chi connectivity index (χ2n) is 5.71. The number of carbonyl (C=O) groups excluding carboxylic acids is 2. The molecule has 0 aliphatic carbocycles. The summed E-state index contributed by atoms with van der Waals surface area (Å²) in [5, 5.41) is 38.3. The lowest BCUT2D eigenvalue weighted by Crippen LogP contribution is -2.28. The molecule has 3 N–H and O–H groups in total. The number of hydrogen-bond donors (Lipinski definition) is 3. The minimum atomic E-state index is -1.01. The molecule has 0 aliphatic rings. The Balaban J connectivity index is 2.35. The maximum Gasteiger partial charge on any atom is 0.282 e. The third-order valence-corrected chi connectivity index (χ3v) is 3.85. The molecular weight excluding hydrogens is 336 g/mol. The summed E-state index contributed by atoms with van der Waals surface area (Å²) in [6.07, 6.45) is -0.950. The van der Waals surface area contributed by atoms with Gasteiger partial charge in [-0.15, -0.1) is 0 Å². The van der Waals surface area contributed by atoms with E-state index in [2.05, 4.69) is 0 Å². The van der Waals surface area contributed by atoms with Crippen LogP contribution in [0.5, 0.6) is 0 Å². The van der Waals surface area contributed by atoms with Gasteiger partial charge in [-0.2, -0.15) is 10.3 Å². The van der Waals surface area contributed by atoms with Crippen molar-refractivity contribution < 1.29 is 25.0 Å². The van der Waals surface area contributed by atoms with Gasteiger partial charge in [0.1, 0.15) is 0 Å². The van der Waals surface area contributed by atoms with Crippen molar-refractivity contribution >= 4 is 17.4 Å². The number of rotatable bonds is 6. The Labute approximate surface area is 150 Å². The van der Waals surface area contributed by atoms with Gasteiger partial charge in [-0.05, 0) is 30.7 Å². The fraction of sp³-hybridized carbons (Fsp3) is 0.211. The highest BCUT2D eigenvalue weighted by Crippen LogP contribution is 2.22. The maximum absolute atomic E-state index is 12.5. The lowest BCUT2D eigenvalue weighted by atomic mass is 10.0. The van der Waals surface area contributed by atoms with Crippen LogP contribution in [0.2, 0.25) is 0 Å². The largest absolute Gasteiger partial charge is 0.394 e. The quantitative estimate of drug-likeness (QED) is 0.412. The molecule has 0 spiro atoms. The van der Waals surface area contributed by atoms with E-state index in [1.54, 1.807) is 12.1 Å². The van der Waals surface area contributed by atoms with E-state index in [0.29, 0.717) is 10.6 Å². The van der Waals surface area contributed by atoms with E-state index in [-0.39, 0.29) is 34.6 Å². The van der Waals surface area contributed by atoms with Gasteiger partial charge < -0.3 is 10.2 Å². The predicted molar refractivity (Wildman–Crippen MR) is 93.0 cm³/mol. The van der Waals surface area contributed by atoms with Gasteiger partial charge in [0, 0.05) is 12.0 Å². The predicted octanol–water partition coefficient (Wildman–Crippen LogP) is 1.69. The lowest BCUT2D eigenvalue weighted by Gasteiger charge is -2.18.